The summed E-state index contributed by atoms with van der Waals surface area (Å²) in [6.07, 6.45) is 1.71. The molecule has 0 radical (unpaired) electrons. The van der Waals surface area contributed by atoms with Gasteiger partial charge in [-0.15, -0.1) is 0 Å². The van der Waals surface area contributed by atoms with Gasteiger partial charge in [0.2, 0.25) is 0 Å². The fraction of sp³-hybridized carbons (Fsp3) is 0.600. The van der Waals surface area contributed by atoms with Crippen molar-refractivity contribution in [1.82, 2.24) is 9.78 Å². The molecular weight excluding hydrogens is 210 g/mol. The van der Waals surface area contributed by atoms with Crippen molar-refractivity contribution in [3.8, 4) is 0 Å². The lowest BCUT2D eigenvalue weighted by Crippen LogP contribution is -2.35. The van der Waals surface area contributed by atoms with Crippen LogP contribution in [0.5, 0.6) is 0 Å². The minimum Gasteiger partial charge on any atom is -0.464 e. The van der Waals surface area contributed by atoms with Crippen LogP contribution < -0.4 is 5.73 Å². The number of aryl methyl sites for hydroxylation is 1. The molecule has 0 aliphatic heterocycles. The Kier molecular flexibility index (Phi) is 3.66. The summed E-state index contributed by atoms with van der Waals surface area (Å²) in [5, 5.41) is 4.05. The molecule has 2 N–H and O–H groups in total. The number of methoxy groups -OCH3 is 2. The molecule has 1 unspecified atom stereocenters. The largest absolute Gasteiger partial charge is 0.464 e. The van der Waals surface area contributed by atoms with Gasteiger partial charge in [0.25, 0.3) is 0 Å². The zero-order chi connectivity index (χ0) is 12.3. The number of nitrogens with two attached hydrogens (primary N) is 1. The lowest BCUT2D eigenvalue weighted by molar-refractivity contribution is 0.00834. The molecule has 1 aromatic rings. The first-order chi connectivity index (χ1) is 7.48. The van der Waals surface area contributed by atoms with Crippen LogP contribution in [0.15, 0.2) is 6.20 Å². The third-order valence-electron chi connectivity index (χ3n) is 2.62. The van der Waals surface area contributed by atoms with E-state index >= 15 is 0 Å². The number of carbonyl (C=O) groups is 1. The van der Waals surface area contributed by atoms with Gasteiger partial charge in [0.05, 0.1) is 7.11 Å². The molecule has 0 aliphatic rings. The van der Waals surface area contributed by atoms with E-state index in [1.165, 1.54) is 11.8 Å². The molecule has 0 spiro atoms. The molecule has 0 amide bonds. The quantitative estimate of drug-likeness (QED) is 0.734. The lowest BCUT2D eigenvalue weighted by Gasteiger charge is -2.25. The van der Waals surface area contributed by atoms with Gasteiger partial charge in [-0.2, -0.15) is 5.10 Å². The Bertz CT molecular complexity index is 383. The highest BCUT2D eigenvalue weighted by atomic mass is 16.5. The number of rotatable bonds is 4. The van der Waals surface area contributed by atoms with Crippen LogP contribution in [0.2, 0.25) is 0 Å². The second-order valence-corrected chi connectivity index (χ2v) is 3.70. The fourth-order valence-corrected chi connectivity index (χ4v) is 1.43. The summed E-state index contributed by atoms with van der Waals surface area (Å²) < 4.78 is 11.5. The minimum atomic E-state index is -0.738. The smallest absolute Gasteiger partial charge is 0.358 e. The minimum absolute atomic E-state index is 0.236. The molecule has 0 fully saturated rings. The molecule has 1 aromatic heterocycles. The monoisotopic (exact) mass is 227 g/mol. The molecule has 16 heavy (non-hydrogen) atoms. The zero-order valence-corrected chi connectivity index (χ0v) is 9.98. The second-order valence-electron chi connectivity index (χ2n) is 3.70. The molecule has 0 saturated carbocycles. The van der Waals surface area contributed by atoms with E-state index in [4.69, 9.17) is 10.5 Å². The van der Waals surface area contributed by atoms with Gasteiger partial charge in [-0.25, -0.2) is 4.79 Å². The molecular formula is C10H17N3O3. The molecule has 0 saturated heterocycles. The maximum absolute atomic E-state index is 11.5. The summed E-state index contributed by atoms with van der Waals surface area (Å²) in [6, 6.07) is 0. The van der Waals surface area contributed by atoms with Crippen molar-refractivity contribution in [2.24, 2.45) is 12.8 Å². The van der Waals surface area contributed by atoms with Crippen LogP contribution in [0.3, 0.4) is 0 Å². The van der Waals surface area contributed by atoms with Crippen LogP contribution >= 0.6 is 0 Å². The van der Waals surface area contributed by atoms with Crippen LogP contribution in [0.1, 0.15) is 23.0 Å². The van der Waals surface area contributed by atoms with Gasteiger partial charge in [0.1, 0.15) is 5.60 Å². The highest BCUT2D eigenvalue weighted by Gasteiger charge is 2.32. The van der Waals surface area contributed by atoms with E-state index in [0.717, 1.165) is 0 Å². The van der Waals surface area contributed by atoms with Crippen molar-refractivity contribution in [2.45, 2.75) is 12.5 Å². The second kappa shape index (κ2) is 4.63. The van der Waals surface area contributed by atoms with Gasteiger partial charge < -0.3 is 15.2 Å². The Morgan fingerprint density at radius 1 is 1.62 bits per heavy atom. The highest BCUT2D eigenvalue weighted by Crippen LogP contribution is 2.26. The van der Waals surface area contributed by atoms with Crippen molar-refractivity contribution >= 4 is 5.97 Å². The summed E-state index contributed by atoms with van der Waals surface area (Å²) in [6.45, 7) is 2.05. The van der Waals surface area contributed by atoms with E-state index in [0.29, 0.717) is 5.56 Å². The SMILES string of the molecule is COC(=O)c1nn(C)cc1C(C)(CN)OC. The molecule has 90 valence electrons. The molecule has 0 aromatic carbocycles. The van der Waals surface area contributed by atoms with Gasteiger partial charge >= 0.3 is 5.97 Å². The first-order valence-electron chi connectivity index (χ1n) is 4.86. The van der Waals surface area contributed by atoms with Crippen molar-refractivity contribution in [1.29, 1.82) is 0 Å². The average Bonchev–Trinajstić information content (AvgIpc) is 2.69. The first kappa shape index (κ1) is 12.7. The van der Waals surface area contributed by atoms with Crippen molar-refractivity contribution in [3.63, 3.8) is 0 Å². The van der Waals surface area contributed by atoms with Crippen LogP contribution in [0.25, 0.3) is 0 Å². The molecule has 0 aliphatic carbocycles. The topological polar surface area (TPSA) is 79.4 Å². The van der Waals surface area contributed by atoms with Gasteiger partial charge in [-0.05, 0) is 6.92 Å². The summed E-state index contributed by atoms with van der Waals surface area (Å²) in [5.74, 6) is -0.493. The summed E-state index contributed by atoms with van der Waals surface area (Å²) in [4.78, 5) is 11.5. The van der Waals surface area contributed by atoms with Crippen molar-refractivity contribution in [2.75, 3.05) is 20.8 Å². The number of carbonyl (C=O) groups excluding carboxylic acids is 1. The Balaban J connectivity index is 3.27. The first-order valence-corrected chi connectivity index (χ1v) is 4.86. The number of hydrogen-bond donors (Lipinski definition) is 1. The van der Waals surface area contributed by atoms with Crippen LogP contribution in [0.4, 0.5) is 0 Å². The number of hydrogen-bond acceptors (Lipinski definition) is 5. The number of ether oxygens (including phenoxy) is 2. The summed E-state index contributed by atoms with van der Waals surface area (Å²) in [7, 11) is 4.58. The lowest BCUT2D eigenvalue weighted by atomic mass is 9.96. The third-order valence-corrected chi connectivity index (χ3v) is 2.62. The summed E-state index contributed by atoms with van der Waals surface area (Å²) >= 11 is 0. The van der Waals surface area contributed by atoms with Gasteiger partial charge in [0.15, 0.2) is 5.69 Å². The van der Waals surface area contributed by atoms with Crippen LogP contribution in [-0.4, -0.2) is 36.5 Å². The van der Waals surface area contributed by atoms with Gasteiger partial charge in [-0.3, -0.25) is 4.68 Å². The molecule has 0 bridgehead atoms. The van der Waals surface area contributed by atoms with E-state index in [2.05, 4.69) is 9.84 Å². The van der Waals surface area contributed by atoms with Crippen molar-refractivity contribution in [3.05, 3.63) is 17.5 Å². The van der Waals surface area contributed by atoms with E-state index in [1.54, 1.807) is 27.3 Å². The highest BCUT2D eigenvalue weighted by molar-refractivity contribution is 5.89. The molecule has 1 rings (SSSR count). The summed E-state index contributed by atoms with van der Waals surface area (Å²) in [5.41, 5.74) is 5.78. The van der Waals surface area contributed by atoms with Crippen molar-refractivity contribution < 1.29 is 14.3 Å². The normalized spacial score (nSPS) is 14.6. The number of esters is 1. The van der Waals surface area contributed by atoms with E-state index in [9.17, 15) is 4.79 Å². The predicted molar refractivity (Wildman–Crippen MR) is 58.0 cm³/mol. The maximum Gasteiger partial charge on any atom is 0.358 e. The molecule has 1 atom stereocenters. The molecule has 6 nitrogen and oxygen atoms in total. The van der Waals surface area contributed by atoms with Crippen LogP contribution in [0, 0.1) is 0 Å². The Labute approximate surface area is 94.3 Å². The Morgan fingerprint density at radius 3 is 2.69 bits per heavy atom. The third kappa shape index (κ3) is 2.07. The zero-order valence-electron chi connectivity index (χ0n) is 9.98. The number of aromatic nitrogens is 2. The number of nitrogens with zero attached hydrogens (tertiary/aromatic N) is 2. The fourth-order valence-electron chi connectivity index (χ4n) is 1.43. The standard InChI is InChI=1S/C10H17N3O3/c1-10(6-11,16-4)7-5-13(2)12-8(7)9(14)15-3/h5H,6,11H2,1-4H3. The van der Waals surface area contributed by atoms with E-state index in [1.807, 2.05) is 0 Å². The van der Waals surface area contributed by atoms with E-state index in [-0.39, 0.29) is 12.2 Å². The Hall–Kier alpha value is -1.40. The Morgan fingerprint density at radius 2 is 2.25 bits per heavy atom. The average molecular weight is 227 g/mol. The molecule has 1 heterocycles. The van der Waals surface area contributed by atoms with Crippen LogP contribution in [-0.2, 0) is 22.1 Å². The van der Waals surface area contributed by atoms with E-state index < -0.39 is 11.6 Å². The maximum atomic E-state index is 11.5. The van der Waals surface area contributed by atoms with Gasteiger partial charge in [-0.1, -0.05) is 0 Å². The predicted octanol–water partition coefficient (Wildman–Crippen LogP) is 0.0270. The van der Waals surface area contributed by atoms with Gasteiger partial charge in [0, 0.05) is 32.5 Å². The molecule has 6 heteroatoms.